The zero-order chi connectivity index (χ0) is 13.6. The third-order valence-corrected chi connectivity index (χ3v) is 5.71. The second-order valence-electron chi connectivity index (χ2n) is 6.78. The number of piperidine rings is 1. The fourth-order valence-corrected chi connectivity index (χ4v) is 4.40. The van der Waals surface area contributed by atoms with Crippen LogP contribution in [0.4, 0.5) is 0 Å². The average molecular weight is 275 g/mol. The molecule has 2 aliphatic heterocycles. The highest BCUT2D eigenvalue weighted by molar-refractivity contribution is 5.10. The Labute approximate surface area is 120 Å². The van der Waals surface area contributed by atoms with E-state index in [9.17, 15) is 0 Å². The van der Waals surface area contributed by atoms with Gasteiger partial charge in [0.05, 0.1) is 12.8 Å². The van der Waals surface area contributed by atoms with E-state index in [1.807, 2.05) is 6.07 Å². The maximum absolute atomic E-state index is 6.33. The highest BCUT2D eigenvalue weighted by Gasteiger charge is 2.52. The maximum atomic E-state index is 6.33. The monoisotopic (exact) mass is 275 g/mol. The molecule has 0 aromatic carbocycles. The van der Waals surface area contributed by atoms with Crippen molar-refractivity contribution >= 4 is 0 Å². The zero-order valence-electron chi connectivity index (χ0n) is 12.1. The second kappa shape index (κ2) is 4.86. The molecule has 4 heteroatoms. The Hall–Kier alpha value is -0.840. The van der Waals surface area contributed by atoms with Crippen molar-refractivity contribution in [3.63, 3.8) is 0 Å². The minimum absolute atomic E-state index is 0.209. The molecule has 2 saturated heterocycles. The lowest BCUT2D eigenvalue weighted by Crippen LogP contribution is -2.62. The molecule has 3 unspecified atom stereocenters. The van der Waals surface area contributed by atoms with Crippen molar-refractivity contribution in [3.05, 3.63) is 24.2 Å². The maximum Gasteiger partial charge on any atom is 0.117 e. The molecule has 1 aromatic heterocycles. The summed E-state index contributed by atoms with van der Waals surface area (Å²) in [6, 6.07) is 4.83. The lowest BCUT2D eigenvalue weighted by Gasteiger charge is -2.50. The Balaban J connectivity index is 1.62. The minimum atomic E-state index is 0.209. The molecule has 1 aromatic rings. The van der Waals surface area contributed by atoms with Gasteiger partial charge in [0.2, 0.25) is 0 Å². The van der Waals surface area contributed by atoms with Crippen molar-refractivity contribution in [1.29, 1.82) is 0 Å². The summed E-state index contributed by atoms with van der Waals surface area (Å²) in [7, 11) is 0. The molecule has 0 spiro atoms. The van der Waals surface area contributed by atoms with E-state index < -0.39 is 0 Å². The van der Waals surface area contributed by atoms with Gasteiger partial charge in [0, 0.05) is 24.7 Å². The zero-order valence-corrected chi connectivity index (χ0v) is 12.1. The Kier molecular flexibility index (Phi) is 3.13. The highest BCUT2D eigenvalue weighted by Crippen LogP contribution is 2.45. The Morgan fingerprint density at radius 3 is 2.95 bits per heavy atom. The number of rotatable bonds is 5. The Bertz CT molecular complexity index is 456. The number of nitrogens with two attached hydrogens (primary N) is 1. The third-order valence-electron chi connectivity index (χ3n) is 5.71. The molecule has 3 fully saturated rings. The molecule has 1 saturated carbocycles. The molecular formula is C16H25N3O. The van der Waals surface area contributed by atoms with E-state index in [1.165, 1.54) is 45.3 Å². The van der Waals surface area contributed by atoms with E-state index in [-0.39, 0.29) is 5.54 Å². The van der Waals surface area contributed by atoms with Gasteiger partial charge >= 0.3 is 0 Å². The highest BCUT2D eigenvalue weighted by atomic mass is 16.3. The largest absolute Gasteiger partial charge is 0.468 e. The van der Waals surface area contributed by atoms with Crippen molar-refractivity contribution in [2.75, 3.05) is 26.2 Å². The SMILES string of the molecule is NCC1(N(Cc2ccco2)C2CC2)CCN2CCC1C2. The van der Waals surface area contributed by atoms with Gasteiger partial charge in [0.1, 0.15) is 5.76 Å². The topological polar surface area (TPSA) is 45.6 Å². The van der Waals surface area contributed by atoms with Gasteiger partial charge in [-0.2, -0.15) is 0 Å². The lowest BCUT2D eigenvalue weighted by molar-refractivity contribution is -0.00882. The molecule has 2 bridgehead atoms. The van der Waals surface area contributed by atoms with Crippen molar-refractivity contribution in [3.8, 4) is 0 Å². The lowest BCUT2D eigenvalue weighted by atomic mass is 9.77. The van der Waals surface area contributed by atoms with Gasteiger partial charge in [0.15, 0.2) is 0 Å². The van der Waals surface area contributed by atoms with E-state index in [4.69, 9.17) is 10.2 Å². The van der Waals surface area contributed by atoms with Gasteiger partial charge in [-0.3, -0.25) is 4.90 Å². The summed E-state index contributed by atoms with van der Waals surface area (Å²) in [5.41, 5.74) is 6.54. The smallest absolute Gasteiger partial charge is 0.117 e. The third kappa shape index (κ3) is 2.01. The van der Waals surface area contributed by atoms with Crippen LogP contribution in [0.2, 0.25) is 0 Å². The molecule has 20 heavy (non-hydrogen) atoms. The number of fused-ring (bicyclic) bond motifs is 2. The van der Waals surface area contributed by atoms with Crippen LogP contribution in [0.25, 0.3) is 0 Å². The van der Waals surface area contributed by atoms with Crippen LogP contribution in [0.3, 0.4) is 0 Å². The predicted molar refractivity (Wildman–Crippen MR) is 78.2 cm³/mol. The summed E-state index contributed by atoms with van der Waals surface area (Å²) >= 11 is 0. The normalized spacial score (nSPS) is 36.7. The predicted octanol–water partition coefficient (Wildman–Crippen LogP) is 1.67. The van der Waals surface area contributed by atoms with Crippen LogP contribution in [0.5, 0.6) is 0 Å². The van der Waals surface area contributed by atoms with E-state index in [0.29, 0.717) is 0 Å². The van der Waals surface area contributed by atoms with Gasteiger partial charge in [-0.05, 0) is 56.8 Å². The Morgan fingerprint density at radius 1 is 1.35 bits per heavy atom. The van der Waals surface area contributed by atoms with Crippen LogP contribution in [0.1, 0.15) is 31.4 Å². The molecule has 4 nitrogen and oxygen atoms in total. The quantitative estimate of drug-likeness (QED) is 0.888. The van der Waals surface area contributed by atoms with Crippen LogP contribution in [0.15, 0.2) is 22.8 Å². The molecule has 3 atom stereocenters. The van der Waals surface area contributed by atoms with E-state index in [0.717, 1.165) is 30.8 Å². The first kappa shape index (κ1) is 12.9. The van der Waals surface area contributed by atoms with Gasteiger partial charge < -0.3 is 15.1 Å². The van der Waals surface area contributed by atoms with Crippen molar-refractivity contribution in [1.82, 2.24) is 9.80 Å². The van der Waals surface area contributed by atoms with Crippen LogP contribution >= 0.6 is 0 Å². The van der Waals surface area contributed by atoms with E-state index in [1.54, 1.807) is 6.26 Å². The summed E-state index contributed by atoms with van der Waals surface area (Å²) in [5, 5.41) is 0. The summed E-state index contributed by atoms with van der Waals surface area (Å²) in [6.07, 6.45) is 7.00. The van der Waals surface area contributed by atoms with Gasteiger partial charge in [-0.15, -0.1) is 0 Å². The summed E-state index contributed by atoms with van der Waals surface area (Å²) < 4.78 is 5.61. The fourth-order valence-electron chi connectivity index (χ4n) is 4.40. The number of hydrogen-bond acceptors (Lipinski definition) is 4. The van der Waals surface area contributed by atoms with Crippen molar-refractivity contribution < 1.29 is 4.42 Å². The number of furan rings is 1. The van der Waals surface area contributed by atoms with Crippen LogP contribution in [-0.2, 0) is 6.54 Å². The molecule has 0 amide bonds. The molecule has 2 N–H and O–H groups in total. The minimum Gasteiger partial charge on any atom is -0.468 e. The first-order valence-electron chi connectivity index (χ1n) is 8.03. The van der Waals surface area contributed by atoms with Gasteiger partial charge in [0.25, 0.3) is 0 Å². The first-order valence-corrected chi connectivity index (χ1v) is 8.03. The van der Waals surface area contributed by atoms with Crippen LogP contribution in [-0.4, -0.2) is 47.6 Å². The summed E-state index contributed by atoms with van der Waals surface area (Å²) in [4.78, 5) is 5.32. The molecule has 3 aliphatic rings. The van der Waals surface area contributed by atoms with Gasteiger partial charge in [-0.1, -0.05) is 0 Å². The summed E-state index contributed by atoms with van der Waals surface area (Å²) in [6.45, 7) is 5.47. The van der Waals surface area contributed by atoms with Crippen LogP contribution in [0, 0.1) is 5.92 Å². The molecule has 4 rings (SSSR count). The standard InChI is InChI=1S/C16H25N3O/c17-12-16(6-8-18-7-5-13(16)10-18)19(14-3-4-14)11-15-2-1-9-20-15/h1-2,9,13-14H,3-8,10-12,17H2. The van der Waals surface area contributed by atoms with Crippen molar-refractivity contribution in [2.24, 2.45) is 11.7 Å². The molecule has 110 valence electrons. The molecule has 1 aliphatic carbocycles. The second-order valence-corrected chi connectivity index (χ2v) is 6.78. The van der Waals surface area contributed by atoms with E-state index >= 15 is 0 Å². The Morgan fingerprint density at radius 2 is 2.25 bits per heavy atom. The van der Waals surface area contributed by atoms with Crippen LogP contribution < -0.4 is 5.73 Å². The number of nitrogens with zero attached hydrogens (tertiary/aromatic N) is 2. The number of hydrogen-bond donors (Lipinski definition) is 1. The molecular weight excluding hydrogens is 250 g/mol. The average Bonchev–Trinajstić information content (AvgIpc) is 3.03. The van der Waals surface area contributed by atoms with Crippen molar-refractivity contribution in [2.45, 2.75) is 43.8 Å². The fraction of sp³-hybridized carbons (Fsp3) is 0.750. The first-order chi connectivity index (χ1) is 9.82. The van der Waals surface area contributed by atoms with Gasteiger partial charge in [-0.25, -0.2) is 0 Å². The van der Waals surface area contributed by atoms with E-state index in [2.05, 4.69) is 15.9 Å². The summed E-state index contributed by atoms with van der Waals surface area (Å²) in [5.74, 6) is 1.84. The molecule has 3 heterocycles. The molecule has 0 radical (unpaired) electrons.